The van der Waals surface area contributed by atoms with E-state index in [0.29, 0.717) is 18.2 Å². The van der Waals surface area contributed by atoms with E-state index in [4.69, 9.17) is 14.6 Å². The Bertz CT molecular complexity index is 282. The van der Waals surface area contributed by atoms with Gasteiger partial charge in [0, 0.05) is 6.20 Å². The normalized spacial score (nSPS) is 19.0. The number of aliphatic hydroxyl groups excluding tert-OH is 1. The van der Waals surface area contributed by atoms with Crippen molar-refractivity contribution in [1.29, 1.82) is 0 Å². The van der Waals surface area contributed by atoms with Gasteiger partial charge in [-0.1, -0.05) is 0 Å². The van der Waals surface area contributed by atoms with Crippen molar-refractivity contribution in [1.82, 2.24) is 4.98 Å². The summed E-state index contributed by atoms with van der Waals surface area (Å²) in [6.07, 6.45) is 1.34. The summed E-state index contributed by atoms with van der Waals surface area (Å²) in [6.45, 7) is 0.338. The summed E-state index contributed by atoms with van der Waals surface area (Å²) in [5.41, 5.74) is 0. The number of ether oxygens (including phenoxy) is 2. The lowest BCUT2D eigenvalue weighted by Gasteiger charge is -2.23. The van der Waals surface area contributed by atoms with Gasteiger partial charge in [-0.2, -0.15) is 0 Å². The largest absolute Gasteiger partial charge is 0.484 e. The molecule has 72 valence electrons. The highest BCUT2D eigenvalue weighted by atomic mass is 35.5. The zero-order chi connectivity index (χ0) is 8.39. The molecule has 0 aliphatic carbocycles. The molecule has 0 saturated heterocycles. The average Bonchev–Trinajstić information content (AvgIpc) is 2.17. The number of aromatic nitrogens is 1. The molecule has 13 heavy (non-hydrogen) atoms. The number of nitrogens with zero attached hydrogens (tertiary/aromatic N) is 1. The first-order chi connectivity index (χ1) is 5.90. The second-order valence-corrected chi connectivity index (χ2v) is 2.54. The summed E-state index contributed by atoms with van der Waals surface area (Å²) in [6, 6.07) is 3.57. The standard InChI is InChI=1S/C8H9NO3.ClH/c10-4-6-5-11-7-2-1-3-9-8(7)12-6;/h1-3,6,10H,4-5H2;1H. The van der Waals surface area contributed by atoms with E-state index in [0.717, 1.165) is 0 Å². The van der Waals surface area contributed by atoms with Crippen LogP contribution in [0.25, 0.3) is 0 Å². The second kappa shape index (κ2) is 4.30. The Kier molecular flexibility index (Phi) is 3.33. The number of pyridine rings is 1. The minimum Gasteiger partial charge on any atom is -0.484 e. The van der Waals surface area contributed by atoms with E-state index >= 15 is 0 Å². The Morgan fingerprint density at radius 3 is 3.23 bits per heavy atom. The molecule has 1 atom stereocenters. The van der Waals surface area contributed by atoms with Crippen molar-refractivity contribution < 1.29 is 14.6 Å². The fraction of sp³-hybridized carbons (Fsp3) is 0.375. The summed E-state index contributed by atoms with van der Waals surface area (Å²) in [5.74, 6) is 1.10. The van der Waals surface area contributed by atoms with Crippen LogP contribution in [0.5, 0.6) is 11.6 Å². The zero-order valence-electron chi connectivity index (χ0n) is 6.84. The molecule has 1 unspecified atom stereocenters. The van der Waals surface area contributed by atoms with E-state index in [2.05, 4.69) is 4.98 Å². The Balaban J connectivity index is 0.000000845. The van der Waals surface area contributed by atoms with Gasteiger partial charge in [-0.05, 0) is 12.1 Å². The summed E-state index contributed by atoms with van der Waals surface area (Å²) in [4.78, 5) is 3.96. The summed E-state index contributed by atoms with van der Waals surface area (Å²) >= 11 is 0. The molecule has 0 saturated carbocycles. The molecule has 1 N–H and O–H groups in total. The Morgan fingerprint density at radius 2 is 2.46 bits per heavy atom. The van der Waals surface area contributed by atoms with Crippen molar-refractivity contribution in [2.75, 3.05) is 13.2 Å². The van der Waals surface area contributed by atoms with Crippen molar-refractivity contribution in [2.24, 2.45) is 0 Å². The first-order valence-electron chi connectivity index (χ1n) is 3.75. The minimum absolute atomic E-state index is 0. The fourth-order valence-corrected chi connectivity index (χ4v) is 1.04. The second-order valence-electron chi connectivity index (χ2n) is 2.54. The Labute approximate surface area is 81.9 Å². The van der Waals surface area contributed by atoms with Crippen LogP contribution in [0.15, 0.2) is 18.3 Å². The van der Waals surface area contributed by atoms with Gasteiger partial charge in [0.05, 0.1) is 6.61 Å². The van der Waals surface area contributed by atoms with E-state index in [1.807, 2.05) is 0 Å². The lowest BCUT2D eigenvalue weighted by molar-refractivity contribution is 0.0411. The molecule has 0 radical (unpaired) electrons. The van der Waals surface area contributed by atoms with E-state index in [1.165, 1.54) is 0 Å². The lowest BCUT2D eigenvalue weighted by Crippen LogP contribution is -2.32. The van der Waals surface area contributed by atoms with Gasteiger partial charge in [0.1, 0.15) is 6.61 Å². The first kappa shape index (κ1) is 10.1. The topological polar surface area (TPSA) is 51.6 Å². The molecule has 0 spiro atoms. The first-order valence-corrected chi connectivity index (χ1v) is 3.75. The van der Waals surface area contributed by atoms with Gasteiger partial charge in [-0.3, -0.25) is 0 Å². The number of rotatable bonds is 1. The van der Waals surface area contributed by atoms with Crippen molar-refractivity contribution in [3.63, 3.8) is 0 Å². The molecule has 1 aliphatic heterocycles. The molecule has 0 aromatic carbocycles. The van der Waals surface area contributed by atoms with E-state index in [-0.39, 0.29) is 25.1 Å². The molecular weight excluding hydrogens is 194 g/mol. The van der Waals surface area contributed by atoms with Crippen LogP contribution in [0.1, 0.15) is 0 Å². The van der Waals surface area contributed by atoms with Gasteiger partial charge in [-0.15, -0.1) is 12.4 Å². The number of hydrogen-bond acceptors (Lipinski definition) is 4. The molecule has 1 aromatic rings. The fourth-order valence-electron chi connectivity index (χ4n) is 1.04. The van der Waals surface area contributed by atoms with Crippen LogP contribution in [0, 0.1) is 0 Å². The quantitative estimate of drug-likeness (QED) is 0.728. The van der Waals surface area contributed by atoms with Crippen LogP contribution < -0.4 is 9.47 Å². The van der Waals surface area contributed by atoms with Crippen molar-refractivity contribution in [3.05, 3.63) is 18.3 Å². The zero-order valence-corrected chi connectivity index (χ0v) is 7.66. The van der Waals surface area contributed by atoms with Crippen LogP contribution in [-0.4, -0.2) is 29.4 Å². The van der Waals surface area contributed by atoms with Crippen LogP contribution >= 0.6 is 12.4 Å². The Hall–Kier alpha value is -1.00. The maximum atomic E-state index is 8.78. The van der Waals surface area contributed by atoms with Crippen molar-refractivity contribution in [3.8, 4) is 11.6 Å². The van der Waals surface area contributed by atoms with Crippen LogP contribution in [0.3, 0.4) is 0 Å². The van der Waals surface area contributed by atoms with Gasteiger partial charge in [-0.25, -0.2) is 4.98 Å². The third kappa shape index (κ3) is 2.02. The van der Waals surface area contributed by atoms with E-state index < -0.39 is 0 Å². The van der Waals surface area contributed by atoms with E-state index in [1.54, 1.807) is 18.3 Å². The molecule has 0 bridgehead atoms. The molecule has 0 amide bonds. The average molecular weight is 204 g/mol. The van der Waals surface area contributed by atoms with Crippen LogP contribution in [0.4, 0.5) is 0 Å². The highest BCUT2D eigenvalue weighted by Gasteiger charge is 2.20. The van der Waals surface area contributed by atoms with Crippen molar-refractivity contribution in [2.45, 2.75) is 6.10 Å². The maximum Gasteiger partial charge on any atom is 0.257 e. The third-order valence-corrected chi connectivity index (χ3v) is 1.64. The molecule has 0 fully saturated rings. The highest BCUT2D eigenvalue weighted by molar-refractivity contribution is 5.85. The van der Waals surface area contributed by atoms with Gasteiger partial charge < -0.3 is 14.6 Å². The molecule has 5 heteroatoms. The minimum atomic E-state index is -0.285. The van der Waals surface area contributed by atoms with Gasteiger partial charge in [0.15, 0.2) is 11.9 Å². The summed E-state index contributed by atoms with van der Waals surface area (Å²) in [5, 5.41) is 8.78. The van der Waals surface area contributed by atoms with Gasteiger partial charge >= 0.3 is 0 Å². The molecule has 2 rings (SSSR count). The third-order valence-electron chi connectivity index (χ3n) is 1.64. The van der Waals surface area contributed by atoms with Gasteiger partial charge in [0.25, 0.3) is 5.88 Å². The maximum absolute atomic E-state index is 8.78. The number of hydrogen-bond donors (Lipinski definition) is 1. The number of aliphatic hydroxyl groups is 1. The summed E-state index contributed by atoms with van der Waals surface area (Å²) in [7, 11) is 0. The van der Waals surface area contributed by atoms with Gasteiger partial charge in [0.2, 0.25) is 0 Å². The molecule has 1 aromatic heterocycles. The molecule has 4 nitrogen and oxygen atoms in total. The lowest BCUT2D eigenvalue weighted by atomic mass is 10.3. The Morgan fingerprint density at radius 1 is 1.62 bits per heavy atom. The predicted octanol–water partition coefficient (Wildman–Crippen LogP) is 0.635. The number of fused-ring (bicyclic) bond motifs is 1. The molecular formula is C8H10ClNO3. The monoisotopic (exact) mass is 203 g/mol. The SMILES string of the molecule is Cl.OCC1COc2cccnc2O1. The predicted molar refractivity (Wildman–Crippen MR) is 48.5 cm³/mol. The highest BCUT2D eigenvalue weighted by Crippen LogP contribution is 2.27. The number of halogens is 1. The van der Waals surface area contributed by atoms with Crippen molar-refractivity contribution >= 4 is 12.4 Å². The molecule has 1 aliphatic rings. The summed E-state index contributed by atoms with van der Waals surface area (Å²) < 4.78 is 10.6. The molecule has 2 heterocycles. The van der Waals surface area contributed by atoms with Crippen LogP contribution in [0.2, 0.25) is 0 Å². The smallest absolute Gasteiger partial charge is 0.257 e. The van der Waals surface area contributed by atoms with Crippen LogP contribution in [-0.2, 0) is 0 Å². The van der Waals surface area contributed by atoms with E-state index in [9.17, 15) is 0 Å².